The van der Waals surface area contributed by atoms with E-state index in [1.54, 1.807) is 0 Å². The highest BCUT2D eigenvalue weighted by atomic mass is 35.5. The first-order chi connectivity index (χ1) is 14.6. The average Bonchev–Trinajstić information content (AvgIpc) is 3.07. The second kappa shape index (κ2) is 10.7. The highest BCUT2D eigenvalue weighted by molar-refractivity contribution is 7.92. The highest BCUT2D eigenvalue weighted by Gasteiger charge is 2.26. The van der Waals surface area contributed by atoms with Crippen molar-refractivity contribution in [3.05, 3.63) is 53.3 Å². The maximum Gasteiger partial charge on any atom is 0.244 e. The molecule has 0 atom stereocenters. The second-order valence-corrected chi connectivity index (χ2v) is 10.8. The number of thiazole rings is 1. The van der Waals surface area contributed by atoms with E-state index in [1.165, 1.54) is 28.4 Å². The molecule has 6 nitrogen and oxygen atoms in total. The third kappa shape index (κ3) is 6.25. The molecule has 3 rings (SSSR count). The monoisotopic (exact) mass is 499 g/mol. The van der Waals surface area contributed by atoms with E-state index in [-0.39, 0.29) is 17.3 Å². The summed E-state index contributed by atoms with van der Waals surface area (Å²) < 4.78 is 39.6. The van der Waals surface area contributed by atoms with Crippen molar-refractivity contribution >= 4 is 54.8 Å². The Morgan fingerprint density at radius 1 is 1.06 bits per heavy atom. The molecule has 10 heteroatoms. The molecular formula is C22H27ClFN3O3S2. The lowest BCUT2D eigenvalue weighted by Gasteiger charge is -2.21. The van der Waals surface area contributed by atoms with Crippen LogP contribution in [0.4, 0.5) is 9.52 Å². The molecule has 1 amide bonds. The third-order valence-corrected chi connectivity index (χ3v) is 7.66. The molecule has 0 fully saturated rings. The number of halogens is 2. The summed E-state index contributed by atoms with van der Waals surface area (Å²) in [5.74, 6) is -1.78. The summed E-state index contributed by atoms with van der Waals surface area (Å²) in [6, 6.07) is 8.51. The number of hydrogen-bond acceptors (Lipinski definition) is 6. The molecule has 0 saturated heterocycles. The van der Waals surface area contributed by atoms with Crippen LogP contribution in [-0.2, 0) is 14.6 Å². The molecule has 0 bridgehead atoms. The van der Waals surface area contributed by atoms with Crippen LogP contribution in [0.2, 0.25) is 0 Å². The Labute approximate surface area is 198 Å². The first-order valence-corrected chi connectivity index (χ1v) is 12.3. The van der Waals surface area contributed by atoms with Crippen LogP contribution < -0.4 is 4.90 Å². The Kier molecular flexibility index (Phi) is 8.75. The van der Waals surface area contributed by atoms with Gasteiger partial charge in [0.25, 0.3) is 0 Å². The van der Waals surface area contributed by atoms with Crippen LogP contribution in [0.25, 0.3) is 10.2 Å². The van der Waals surface area contributed by atoms with E-state index in [9.17, 15) is 17.6 Å². The molecule has 1 aromatic heterocycles. The standard InChI is InChI=1S/C22H26FN3O3S2.ClH/c1-15-12-19-20(13-16(15)2)30-22(24-19)26(11-5-10-25(3)4)21(27)14-31(28,29)18-8-6-17(23)7-9-18;/h6-9,12-13H,5,10-11,14H2,1-4H3;1H. The van der Waals surface area contributed by atoms with Gasteiger partial charge in [0.1, 0.15) is 11.6 Å². The van der Waals surface area contributed by atoms with Crippen molar-refractivity contribution in [2.45, 2.75) is 25.2 Å². The summed E-state index contributed by atoms with van der Waals surface area (Å²) in [4.78, 5) is 21.1. The number of fused-ring (bicyclic) bond motifs is 1. The van der Waals surface area contributed by atoms with Crippen molar-refractivity contribution in [2.24, 2.45) is 0 Å². The third-order valence-electron chi connectivity index (χ3n) is 5.00. The Morgan fingerprint density at radius 2 is 1.69 bits per heavy atom. The first-order valence-electron chi connectivity index (χ1n) is 9.88. The maximum absolute atomic E-state index is 13.2. The van der Waals surface area contributed by atoms with E-state index in [2.05, 4.69) is 4.98 Å². The molecule has 2 aromatic carbocycles. The van der Waals surface area contributed by atoms with Gasteiger partial charge < -0.3 is 4.90 Å². The zero-order chi connectivity index (χ0) is 22.8. The molecule has 32 heavy (non-hydrogen) atoms. The number of amides is 1. The Hall–Kier alpha value is -2.07. The Morgan fingerprint density at radius 3 is 2.31 bits per heavy atom. The number of nitrogens with zero attached hydrogens (tertiary/aromatic N) is 3. The van der Waals surface area contributed by atoms with E-state index < -0.39 is 27.3 Å². The van der Waals surface area contributed by atoms with E-state index in [1.807, 2.05) is 45.0 Å². The molecule has 0 saturated carbocycles. The van der Waals surface area contributed by atoms with E-state index >= 15 is 0 Å². The molecule has 0 spiro atoms. The molecule has 0 unspecified atom stereocenters. The predicted octanol–water partition coefficient (Wildman–Crippen LogP) is 4.23. The highest BCUT2D eigenvalue weighted by Crippen LogP contribution is 2.31. The van der Waals surface area contributed by atoms with Crippen LogP contribution in [0.3, 0.4) is 0 Å². The van der Waals surface area contributed by atoms with Gasteiger partial charge in [-0.15, -0.1) is 12.4 Å². The number of aryl methyl sites for hydroxylation is 2. The number of aromatic nitrogens is 1. The van der Waals surface area contributed by atoms with Gasteiger partial charge in [0.2, 0.25) is 5.91 Å². The van der Waals surface area contributed by atoms with Gasteiger partial charge >= 0.3 is 0 Å². The zero-order valence-electron chi connectivity index (χ0n) is 18.5. The van der Waals surface area contributed by atoms with Crippen LogP contribution in [0.5, 0.6) is 0 Å². The van der Waals surface area contributed by atoms with Gasteiger partial charge in [0.05, 0.1) is 15.1 Å². The molecule has 1 heterocycles. The summed E-state index contributed by atoms with van der Waals surface area (Å²) in [5, 5.41) is 0.484. The van der Waals surface area contributed by atoms with Crippen molar-refractivity contribution in [1.29, 1.82) is 0 Å². The predicted molar refractivity (Wildman–Crippen MR) is 130 cm³/mol. The molecule has 3 aromatic rings. The van der Waals surface area contributed by atoms with E-state index in [4.69, 9.17) is 0 Å². The van der Waals surface area contributed by atoms with Crippen molar-refractivity contribution < 1.29 is 17.6 Å². The quantitative estimate of drug-likeness (QED) is 0.434. The SMILES string of the molecule is Cc1cc2nc(N(CCCN(C)C)C(=O)CS(=O)(=O)c3ccc(F)cc3)sc2cc1C.Cl. The molecule has 0 aliphatic heterocycles. The van der Waals surface area contributed by atoms with Gasteiger partial charge in [-0.25, -0.2) is 17.8 Å². The second-order valence-electron chi connectivity index (χ2n) is 7.82. The van der Waals surface area contributed by atoms with Gasteiger partial charge in [-0.2, -0.15) is 0 Å². The fraction of sp³-hybridized carbons (Fsp3) is 0.364. The number of rotatable bonds is 8. The van der Waals surface area contributed by atoms with Crippen molar-refractivity contribution in [2.75, 3.05) is 37.8 Å². The lowest BCUT2D eigenvalue weighted by atomic mass is 10.1. The minimum absolute atomic E-state index is 0. The van der Waals surface area contributed by atoms with Crippen LogP contribution >= 0.6 is 23.7 Å². The van der Waals surface area contributed by atoms with Gasteiger partial charge in [-0.05, 0) is 88.4 Å². The summed E-state index contributed by atoms with van der Waals surface area (Å²) in [6.45, 7) is 5.12. The van der Waals surface area contributed by atoms with Gasteiger partial charge in [0, 0.05) is 6.54 Å². The summed E-state index contributed by atoms with van der Waals surface area (Å²) in [7, 11) is -0.0278. The van der Waals surface area contributed by atoms with Crippen molar-refractivity contribution in [3.63, 3.8) is 0 Å². The smallest absolute Gasteiger partial charge is 0.244 e. The van der Waals surface area contributed by atoms with Crippen LogP contribution in [0, 0.1) is 19.7 Å². The minimum atomic E-state index is -3.91. The fourth-order valence-corrected chi connectivity index (χ4v) is 5.41. The number of benzene rings is 2. The summed E-state index contributed by atoms with van der Waals surface area (Å²) in [6.07, 6.45) is 0.670. The molecule has 0 N–H and O–H groups in total. The van der Waals surface area contributed by atoms with Crippen LogP contribution in [-0.4, -0.2) is 57.1 Å². The summed E-state index contributed by atoms with van der Waals surface area (Å²) >= 11 is 1.38. The largest absolute Gasteiger partial charge is 0.309 e. The number of carbonyl (C=O) groups excluding carboxylic acids is 1. The first kappa shape index (κ1) is 26.2. The Balaban J connectivity index is 0.00000363. The van der Waals surface area contributed by atoms with Crippen molar-refractivity contribution in [1.82, 2.24) is 9.88 Å². The number of anilines is 1. The molecule has 0 aliphatic carbocycles. The topological polar surface area (TPSA) is 70.6 Å². The van der Waals surface area contributed by atoms with Gasteiger partial charge in [0.15, 0.2) is 15.0 Å². The normalized spacial score (nSPS) is 11.6. The molecule has 0 radical (unpaired) electrons. The average molecular weight is 500 g/mol. The zero-order valence-corrected chi connectivity index (χ0v) is 20.9. The van der Waals surface area contributed by atoms with E-state index in [0.717, 1.165) is 40.0 Å². The van der Waals surface area contributed by atoms with Crippen LogP contribution in [0.15, 0.2) is 41.3 Å². The summed E-state index contributed by atoms with van der Waals surface area (Å²) in [5.41, 5.74) is 3.02. The van der Waals surface area contributed by atoms with Gasteiger partial charge in [-0.3, -0.25) is 9.69 Å². The van der Waals surface area contributed by atoms with Crippen molar-refractivity contribution in [3.8, 4) is 0 Å². The maximum atomic E-state index is 13.2. The molecule has 174 valence electrons. The number of hydrogen-bond donors (Lipinski definition) is 0. The number of sulfone groups is 1. The fourth-order valence-electron chi connectivity index (χ4n) is 3.12. The number of carbonyl (C=O) groups is 1. The Bertz CT molecular complexity index is 1160. The minimum Gasteiger partial charge on any atom is -0.309 e. The van der Waals surface area contributed by atoms with Crippen LogP contribution in [0.1, 0.15) is 17.5 Å². The lowest BCUT2D eigenvalue weighted by Crippen LogP contribution is -2.37. The van der Waals surface area contributed by atoms with E-state index in [0.29, 0.717) is 18.1 Å². The lowest BCUT2D eigenvalue weighted by molar-refractivity contribution is -0.116. The molecule has 0 aliphatic rings. The molecular weight excluding hydrogens is 473 g/mol. The van der Waals surface area contributed by atoms with Gasteiger partial charge in [-0.1, -0.05) is 11.3 Å².